The topological polar surface area (TPSA) is 106 Å². The molecule has 0 aliphatic carbocycles. The molecule has 0 bridgehead atoms. The highest BCUT2D eigenvalue weighted by molar-refractivity contribution is 5.92. The first-order valence-electron chi connectivity index (χ1n) is 5.21. The third-order valence-corrected chi connectivity index (χ3v) is 2.22. The molecular formula is C10H15N3O4. The van der Waals surface area contributed by atoms with Crippen LogP contribution in [0.2, 0.25) is 0 Å². The minimum absolute atomic E-state index is 0.0825. The van der Waals surface area contributed by atoms with Gasteiger partial charge in [0.1, 0.15) is 5.69 Å². The molecule has 0 fully saturated rings. The van der Waals surface area contributed by atoms with Crippen molar-refractivity contribution in [1.29, 1.82) is 0 Å². The van der Waals surface area contributed by atoms with Gasteiger partial charge in [-0.2, -0.15) is 0 Å². The van der Waals surface area contributed by atoms with Gasteiger partial charge in [-0.1, -0.05) is 0 Å². The molecule has 1 aromatic rings. The van der Waals surface area contributed by atoms with Gasteiger partial charge >= 0.3 is 5.69 Å². The van der Waals surface area contributed by atoms with Crippen LogP contribution in [0.1, 0.15) is 24.3 Å². The molecule has 0 aliphatic rings. The SMILES string of the molecule is CC(C)N(CCO)C(=O)c1cc(=O)[nH]c(=O)[nH]1. The fourth-order valence-corrected chi connectivity index (χ4v) is 1.44. The summed E-state index contributed by atoms with van der Waals surface area (Å²) in [5.74, 6) is -0.489. The van der Waals surface area contributed by atoms with Crippen LogP contribution in [0.5, 0.6) is 0 Å². The molecule has 0 spiro atoms. The van der Waals surface area contributed by atoms with E-state index in [0.29, 0.717) is 0 Å². The lowest BCUT2D eigenvalue weighted by atomic mass is 10.2. The Morgan fingerprint density at radius 1 is 1.41 bits per heavy atom. The van der Waals surface area contributed by atoms with E-state index in [4.69, 9.17) is 5.11 Å². The second-order valence-corrected chi connectivity index (χ2v) is 3.82. The Bertz CT molecular complexity index is 475. The number of nitrogens with one attached hydrogen (secondary N) is 2. The maximum atomic E-state index is 12.0. The van der Waals surface area contributed by atoms with Crippen molar-refractivity contribution in [2.24, 2.45) is 0 Å². The lowest BCUT2D eigenvalue weighted by Crippen LogP contribution is -2.41. The Labute approximate surface area is 97.1 Å². The van der Waals surface area contributed by atoms with Crippen molar-refractivity contribution in [2.75, 3.05) is 13.2 Å². The smallest absolute Gasteiger partial charge is 0.326 e. The number of hydrogen-bond donors (Lipinski definition) is 3. The predicted octanol–water partition coefficient (Wildman–Crippen LogP) is -1.09. The van der Waals surface area contributed by atoms with Crippen LogP contribution >= 0.6 is 0 Å². The minimum atomic E-state index is -0.728. The maximum Gasteiger partial charge on any atom is 0.326 e. The van der Waals surface area contributed by atoms with Crippen molar-refractivity contribution in [3.63, 3.8) is 0 Å². The van der Waals surface area contributed by atoms with Crippen LogP contribution in [0.15, 0.2) is 15.7 Å². The number of aromatic nitrogens is 2. The molecule has 7 nitrogen and oxygen atoms in total. The summed E-state index contributed by atoms with van der Waals surface area (Å²) in [6, 6.07) is 0.883. The van der Waals surface area contributed by atoms with Gasteiger partial charge in [-0.3, -0.25) is 14.6 Å². The highest BCUT2D eigenvalue weighted by Crippen LogP contribution is 2.03. The molecule has 17 heavy (non-hydrogen) atoms. The summed E-state index contributed by atoms with van der Waals surface area (Å²) in [5.41, 5.74) is -1.45. The zero-order valence-electron chi connectivity index (χ0n) is 9.69. The number of amides is 1. The van der Waals surface area contributed by atoms with E-state index in [9.17, 15) is 14.4 Å². The molecule has 0 saturated heterocycles. The van der Waals surface area contributed by atoms with Gasteiger partial charge in [-0.05, 0) is 13.8 Å². The first kappa shape index (κ1) is 13.2. The summed E-state index contributed by atoms with van der Waals surface area (Å²) in [5, 5.41) is 8.86. The highest BCUT2D eigenvalue weighted by atomic mass is 16.3. The second-order valence-electron chi connectivity index (χ2n) is 3.82. The minimum Gasteiger partial charge on any atom is -0.395 e. The largest absolute Gasteiger partial charge is 0.395 e. The van der Waals surface area contributed by atoms with Crippen molar-refractivity contribution in [3.8, 4) is 0 Å². The third-order valence-electron chi connectivity index (χ3n) is 2.22. The average molecular weight is 241 g/mol. The van der Waals surface area contributed by atoms with E-state index >= 15 is 0 Å². The number of aliphatic hydroxyl groups is 1. The Balaban J connectivity index is 3.09. The van der Waals surface area contributed by atoms with Crippen molar-refractivity contribution >= 4 is 5.91 Å². The first-order chi connectivity index (χ1) is 7.95. The van der Waals surface area contributed by atoms with Gasteiger partial charge in [0.25, 0.3) is 11.5 Å². The molecule has 0 atom stereocenters. The zero-order valence-corrected chi connectivity index (χ0v) is 9.69. The second kappa shape index (κ2) is 5.44. The van der Waals surface area contributed by atoms with E-state index in [0.717, 1.165) is 6.07 Å². The van der Waals surface area contributed by atoms with Crippen LogP contribution in [-0.2, 0) is 0 Å². The van der Waals surface area contributed by atoms with Gasteiger partial charge in [-0.15, -0.1) is 0 Å². The van der Waals surface area contributed by atoms with Crippen LogP contribution in [0.3, 0.4) is 0 Å². The summed E-state index contributed by atoms with van der Waals surface area (Å²) in [7, 11) is 0. The van der Waals surface area contributed by atoms with Gasteiger partial charge in [0.2, 0.25) is 0 Å². The van der Waals surface area contributed by atoms with E-state index in [1.54, 1.807) is 13.8 Å². The van der Waals surface area contributed by atoms with Gasteiger partial charge in [0.05, 0.1) is 6.61 Å². The molecule has 0 unspecified atom stereocenters. The average Bonchev–Trinajstić information content (AvgIpc) is 2.23. The standard InChI is InChI=1S/C10H15N3O4/c1-6(2)13(3-4-14)9(16)7-5-8(15)12-10(17)11-7/h5-6,14H,3-4H2,1-2H3,(H2,11,12,15,17). The molecule has 1 heterocycles. The molecule has 94 valence electrons. The Hall–Kier alpha value is -1.89. The van der Waals surface area contributed by atoms with E-state index in [1.807, 2.05) is 4.98 Å². The van der Waals surface area contributed by atoms with E-state index in [2.05, 4.69) is 4.98 Å². The summed E-state index contributed by atoms with van der Waals surface area (Å²) in [6.07, 6.45) is 0. The Kier molecular flexibility index (Phi) is 4.22. The van der Waals surface area contributed by atoms with Gasteiger partial charge in [-0.25, -0.2) is 4.79 Å². The fourth-order valence-electron chi connectivity index (χ4n) is 1.44. The third kappa shape index (κ3) is 3.28. The fraction of sp³-hybridized carbons (Fsp3) is 0.500. The molecule has 1 amide bonds. The normalized spacial score (nSPS) is 10.6. The predicted molar refractivity (Wildman–Crippen MR) is 60.9 cm³/mol. The lowest BCUT2D eigenvalue weighted by Gasteiger charge is -2.25. The monoisotopic (exact) mass is 241 g/mol. The molecule has 0 aromatic carbocycles. The molecule has 3 N–H and O–H groups in total. The van der Waals surface area contributed by atoms with E-state index < -0.39 is 17.2 Å². The summed E-state index contributed by atoms with van der Waals surface area (Å²) in [4.78, 5) is 39.7. The summed E-state index contributed by atoms with van der Waals surface area (Å²) >= 11 is 0. The molecule has 0 radical (unpaired) electrons. The molecule has 0 saturated carbocycles. The van der Waals surface area contributed by atoms with Crippen molar-refractivity contribution in [1.82, 2.24) is 14.9 Å². The molecule has 0 aliphatic heterocycles. The van der Waals surface area contributed by atoms with Crippen LogP contribution in [0.25, 0.3) is 0 Å². The quantitative estimate of drug-likeness (QED) is 0.622. The van der Waals surface area contributed by atoms with Crippen molar-refractivity contribution in [3.05, 3.63) is 32.6 Å². The maximum absolute atomic E-state index is 12.0. The lowest BCUT2D eigenvalue weighted by molar-refractivity contribution is 0.0658. The number of H-pyrrole nitrogens is 2. The summed E-state index contributed by atoms with van der Waals surface area (Å²) in [6.45, 7) is 3.51. The highest BCUT2D eigenvalue weighted by Gasteiger charge is 2.19. The number of carbonyl (C=O) groups excluding carboxylic acids is 1. The van der Waals surface area contributed by atoms with Gasteiger partial charge in [0.15, 0.2) is 0 Å². The number of hydrogen-bond acceptors (Lipinski definition) is 4. The van der Waals surface area contributed by atoms with E-state index in [-0.39, 0.29) is 24.9 Å². The van der Waals surface area contributed by atoms with E-state index in [1.165, 1.54) is 4.90 Å². The molecule has 1 aromatic heterocycles. The van der Waals surface area contributed by atoms with Gasteiger partial charge < -0.3 is 15.0 Å². The first-order valence-corrected chi connectivity index (χ1v) is 5.21. The number of carbonyl (C=O) groups is 1. The van der Waals surface area contributed by atoms with Gasteiger partial charge in [0, 0.05) is 18.7 Å². The summed E-state index contributed by atoms with van der Waals surface area (Å²) < 4.78 is 0. The van der Waals surface area contributed by atoms with Crippen LogP contribution in [0.4, 0.5) is 0 Å². The molecule has 7 heteroatoms. The zero-order chi connectivity index (χ0) is 13.0. The van der Waals surface area contributed by atoms with Crippen LogP contribution < -0.4 is 11.2 Å². The Morgan fingerprint density at radius 2 is 2.06 bits per heavy atom. The van der Waals surface area contributed by atoms with Crippen LogP contribution in [-0.4, -0.2) is 45.1 Å². The van der Waals surface area contributed by atoms with Crippen molar-refractivity contribution < 1.29 is 9.90 Å². The number of aliphatic hydroxyl groups excluding tert-OH is 1. The number of rotatable bonds is 4. The van der Waals surface area contributed by atoms with Crippen LogP contribution in [0, 0.1) is 0 Å². The number of nitrogens with zero attached hydrogens (tertiary/aromatic N) is 1. The Morgan fingerprint density at radius 3 is 2.53 bits per heavy atom. The van der Waals surface area contributed by atoms with Crippen molar-refractivity contribution in [2.45, 2.75) is 19.9 Å². The molecule has 1 rings (SSSR count). The number of aromatic amines is 2. The molecular weight excluding hydrogens is 226 g/mol.